The molecule has 2 N–H and O–H groups in total. The lowest BCUT2D eigenvalue weighted by molar-refractivity contribution is -0.139. The highest BCUT2D eigenvalue weighted by molar-refractivity contribution is 6.31. The minimum Gasteiger partial charge on any atom is -0.493 e. The summed E-state index contributed by atoms with van der Waals surface area (Å²) in [5.74, 6) is -1.24. The van der Waals surface area contributed by atoms with Gasteiger partial charge in [0.1, 0.15) is 11.8 Å². The topological polar surface area (TPSA) is 78.9 Å². The molecule has 0 heterocycles. The number of nitrogens with zero attached hydrogens (tertiary/aromatic N) is 1. The van der Waals surface area contributed by atoms with Crippen molar-refractivity contribution in [2.24, 2.45) is 0 Å². The summed E-state index contributed by atoms with van der Waals surface area (Å²) in [4.78, 5) is 27.2. The number of carboxylic acid groups (broad SMARTS) is 1. The highest BCUT2D eigenvalue weighted by atomic mass is 35.5. The zero-order valence-electron chi connectivity index (χ0n) is 22.4. The normalized spacial score (nSPS) is 11.6. The Morgan fingerprint density at radius 1 is 0.921 bits per heavy atom. The monoisotopic (exact) mass is 536 g/mol. The molecular formula is C31H37ClN2O4. The van der Waals surface area contributed by atoms with Gasteiger partial charge in [0.05, 0.1) is 12.2 Å². The maximum atomic E-state index is 13.1. The molecule has 0 radical (unpaired) electrons. The minimum absolute atomic E-state index is 0.148. The number of halogens is 1. The van der Waals surface area contributed by atoms with E-state index >= 15 is 0 Å². The van der Waals surface area contributed by atoms with Crippen molar-refractivity contribution in [2.45, 2.75) is 51.5 Å². The van der Waals surface area contributed by atoms with Crippen LogP contribution in [0.15, 0.2) is 66.7 Å². The van der Waals surface area contributed by atoms with Gasteiger partial charge >= 0.3 is 5.97 Å². The molecule has 0 saturated heterocycles. The molecule has 0 aliphatic carbocycles. The second-order valence-electron chi connectivity index (χ2n) is 9.61. The van der Waals surface area contributed by atoms with E-state index in [0.717, 1.165) is 41.6 Å². The number of anilines is 1. The van der Waals surface area contributed by atoms with Crippen molar-refractivity contribution < 1.29 is 19.4 Å². The molecule has 6 nitrogen and oxygen atoms in total. The fraction of sp³-hybridized carbons (Fsp3) is 0.355. The summed E-state index contributed by atoms with van der Waals surface area (Å²) >= 11 is 6.14. The molecule has 202 valence electrons. The van der Waals surface area contributed by atoms with Crippen LogP contribution >= 0.6 is 11.6 Å². The van der Waals surface area contributed by atoms with Crippen LogP contribution < -0.4 is 15.0 Å². The quantitative estimate of drug-likeness (QED) is 0.220. The highest BCUT2D eigenvalue weighted by Gasteiger charge is 2.23. The molecule has 3 aromatic rings. The van der Waals surface area contributed by atoms with Gasteiger partial charge in [-0.2, -0.15) is 0 Å². The first-order valence-electron chi connectivity index (χ1n) is 13.1. The van der Waals surface area contributed by atoms with Crippen LogP contribution in [0.25, 0.3) is 11.1 Å². The predicted octanol–water partition coefficient (Wildman–Crippen LogP) is 6.85. The van der Waals surface area contributed by atoms with Crippen molar-refractivity contribution in [3.05, 3.63) is 82.9 Å². The SMILES string of the molecule is CCCCCCCOc1ccc(Cl)cc1C(=O)N[C@@H](Cc1ccc(-c2ccc(N(C)C)cc2)cc1)C(=O)O. The second kappa shape index (κ2) is 14.4. The van der Waals surface area contributed by atoms with Crippen LogP contribution in [0.3, 0.4) is 0 Å². The molecule has 0 spiro atoms. The van der Waals surface area contributed by atoms with E-state index in [0.29, 0.717) is 17.4 Å². The number of unbranched alkanes of at least 4 members (excludes halogenated alkanes) is 4. The van der Waals surface area contributed by atoms with Gasteiger partial charge in [0.2, 0.25) is 0 Å². The van der Waals surface area contributed by atoms with Gasteiger partial charge in [0, 0.05) is 31.2 Å². The number of benzene rings is 3. The van der Waals surface area contributed by atoms with E-state index in [2.05, 4.69) is 36.5 Å². The van der Waals surface area contributed by atoms with Crippen molar-refractivity contribution in [1.82, 2.24) is 5.32 Å². The Bertz CT molecular complexity index is 1190. The standard InChI is InChI=1S/C31H37ClN2O4/c1-4-5-6-7-8-19-38-29-18-15-25(32)21-27(29)30(35)33-28(31(36)37)20-22-9-11-23(12-10-22)24-13-16-26(17-14-24)34(2)3/h9-18,21,28H,4-8,19-20H2,1-3H3,(H,33,35)(H,36,37)/t28-/m0/s1. The summed E-state index contributed by atoms with van der Waals surface area (Å²) in [5, 5.41) is 12.9. The van der Waals surface area contributed by atoms with Gasteiger partial charge < -0.3 is 20.1 Å². The van der Waals surface area contributed by atoms with Crippen molar-refractivity contribution in [1.29, 1.82) is 0 Å². The Kier molecular flexibility index (Phi) is 11.0. The number of carboxylic acids is 1. The first-order chi connectivity index (χ1) is 18.3. The molecule has 0 fully saturated rings. The van der Waals surface area contributed by atoms with E-state index in [1.165, 1.54) is 18.9 Å². The number of hydrogen-bond acceptors (Lipinski definition) is 4. The number of hydrogen-bond donors (Lipinski definition) is 2. The van der Waals surface area contributed by atoms with Crippen LogP contribution in [0, 0.1) is 0 Å². The molecule has 38 heavy (non-hydrogen) atoms. The van der Waals surface area contributed by atoms with E-state index in [4.69, 9.17) is 16.3 Å². The second-order valence-corrected chi connectivity index (χ2v) is 10.0. The molecule has 0 aliphatic heterocycles. The van der Waals surface area contributed by atoms with Gasteiger partial charge in [0.25, 0.3) is 5.91 Å². The molecule has 1 atom stereocenters. The number of carbonyl (C=O) groups excluding carboxylic acids is 1. The average Bonchev–Trinajstić information content (AvgIpc) is 2.91. The molecule has 1 amide bonds. The first-order valence-corrected chi connectivity index (χ1v) is 13.5. The number of carbonyl (C=O) groups is 2. The van der Waals surface area contributed by atoms with Gasteiger partial charge in [-0.15, -0.1) is 0 Å². The molecule has 0 bridgehead atoms. The van der Waals surface area contributed by atoms with Gasteiger partial charge in [-0.25, -0.2) is 4.79 Å². The van der Waals surface area contributed by atoms with Crippen LogP contribution in [-0.2, 0) is 11.2 Å². The molecule has 0 aliphatic rings. The number of nitrogens with one attached hydrogen (secondary N) is 1. The van der Waals surface area contributed by atoms with Gasteiger partial charge in [-0.3, -0.25) is 4.79 Å². The minimum atomic E-state index is -1.11. The lowest BCUT2D eigenvalue weighted by Gasteiger charge is -2.17. The summed E-state index contributed by atoms with van der Waals surface area (Å²) in [7, 11) is 3.99. The Morgan fingerprint density at radius 3 is 2.16 bits per heavy atom. The Hall–Kier alpha value is -3.51. The summed E-state index contributed by atoms with van der Waals surface area (Å²) in [6.07, 6.45) is 5.61. The molecule has 3 aromatic carbocycles. The third kappa shape index (κ3) is 8.52. The van der Waals surface area contributed by atoms with Crippen LogP contribution in [0.2, 0.25) is 5.02 Å². The zero-order chi connectivity index (χ0) is 27.5. The smallest absolute Gasteiger partial charge is 0.326 e. The average molecular weight is 537 g/mol. The largest absolute Gasteiger partial charge is 0.493 e. The van der Waals surface area contributed by atoms with E-state index < -0.39 is 17.9 Å². The number of rotatable bonds is 14. The van der Waals surface area contributed by atoms with E-state index in [1.807, 2.05) is 43.3 Å². The number of amides is 1. The maximum Gasteiger partial charge on any atom is 0.326 e. The summed E-state index contributed by atoms with van der Waals surface area (Å²) in [6.45, 7) is 2.65. The van der Waals surface area contributed by atoms with Gasteiger partial charge in [0.15, 0.2) is 0 Å². The van der Waals surface area contributed by atoms with Crippen LogP contribution in [0.1, 0.15) is 54.9 Å². The molecule has 0 unspecified atom stereocenters. The van der Waals surface area contributed by atoms with Crippen molar-refractivity contribution >= 4 is 29.2 Å². The maximum absolute atomic E-state index is 13.1. The first kappa shape index (κ1) is 29.1. The fourth-order valence-electron chi connectivity index (χ4n) is 4.15. The van der Waals surface area contributed by atoms with Gasteiger partial charge in [-0.1, -0.05) is 80.6 Å². The lowest BCUT2D eigenvalue weighted by Crippen LogP contribution is -2.42. The zero-order valence-corrected chi connectivity index (χ0v) is 23.1. The summed E-state index contributed by atoms with van der Waals surface area (Å²) in [5.41, 5.74) is 4.26. The van der Waals surface area contributed by atoms with E-state index in [9.17, 15) is 14.7 Å². The molecule has 0 saturated carbocycles. The van der Waals surface area contributed by atoms with E-state index in [-0.39, 0.29) is 12.0 Å². The Labute approximate surface area is 230 Å². The van der Waals surface area contributed by atoms with Crippen molar-refractivity contribution in [3.8, 4) is 16.9 Å². The Balaban J connectivity index is 1.65. The van der Waals surface area contributed by atoms with Crippen molar-refractivity contribution in [3.63, 3.8) is 0 Å². The molecule has 7 heteroatoms. The third-order valence-corrected chi connectivity index (χ3v) is 6.64. The highest BCUT2D eigenvalue weighted by Crippen LogP contribution is 2.25. The van der Waals surface area contributed by atoms with Crippen LogP contribution in [-0.4, -0.2) is 43.7 Å². The third-order valence-electron chi connectivity index (χ3n) is 6.41. The number of ether oxygens (including phenoxy) is 1. The van der Waals surface area contributed by atoms with E-state index in [1.54, 1.807) is 12.1 Å². The Morgan fingerprint density at radius 2 is 1.55 bits per heavy atom. The summed E-state index contributed by atoms with van der Waals surface area (Å²) in [6, 6.07) is 19.7. The van der Waals surface area contributed by atoms with Crippen molar-refractivity contribution in [2.75, 3.05) is 25.6 Å². The summed E-state index contributed by atoms with van der Waals surface area (Å²) < 4.78 is 5.86. The lowest BCUT2D eigenvalue weighted by atomic mass is 10.00. The molecule has 3 rings (SSSR count). The molecule has 0 aromatic heterocycles. The molecular weight excluding hydrogens is 500 g/mol. The predicted molar refractivity (Wildman–Crippen MR) is 155 cm³/mol. The number of aliphatic carboxylic acids is 1. The fourth-order valence-corrected chi connectivity index (χ4v) is 4.32. The van der Waals surface area contributed by atoms with Crippen LogP contribution in [0.4, 0.5) is 5.69 Å². The van der Waals surface area contributed by atoms with Gasteiger partial charge in [-0.05, 0) is 53.4 Å². The van der Waals surface area contributed by atoms with Crippen LogP contribution in [0.5, 0.6) is 5.75 Å².